The van der Waals surface area contributed by atoms with Gasteiger partial charge in [0, 0.05) is 57.5 Å². The van der Waals surface area contributed by atoms with E-state index in [2.05, 4.69) is 75.6 Å². The number of β-amino-alcohol motifs (C(OH)–C–C–N with tert-alkyl or cyclic N) is 1. The van der Waals surface area contributed by atoms with Crippen molar-refractivity contribution in [2.24, 2.45) is 0 Å². The maximum atomic E-state index is 11.0. The summed E-state index contributed by atoms with van der Waals surface area (Å²) in [6, 6.07) is 26.9. The molecule has 4 aromatic rings. The summed E-state index contributed by atoms with van der Waals surface area (Å²) in [5.74, 6) is 2.25. The van der Waals surface area contributed by atoms with Gasteiger partial charge in [-0.2, -0.15) is 0 Å². The Morgan fingerprint density at radius 1 is 0.818 bits per heavy atom. The van der Waals surface area contributed by atoms with Crippen molar-refractivity contribution in [3.05, 3.63) is 107 Å². The van der Waals surface area contributed by atoms with Gasteiger partial charge in [0.1, 0.15) is 24.2 Å². The van der Waals surface area contributed by atoms with Crippen molar-refractivity contribution in [2.75, 3.05) is 60.7 Å². The second kappa shape index (κ2) is 15.5. The van der Waals surface area contributed by atoms with E-state index in [0.29, 0.717) is 41.9 Å². The van der Waals surface area contributed by atoms with Crippen molar-refractivity contribution in [2.45, 2.75) is 18.8 Å². The first kappa shape index (κ1) is 31.3. The third kappa shape index (κ3) is 8.06. The quantitative estimate of drug-likeness (QED) is 0.211. The zero-order chi connectivity index (χ0) is 30.7. The maximum Gasteiger partial charge on any atom is 0.164 e. The zero-order valence-corrected chi connectivity index (χ0v) is 25.6. The van der Waals surface area contributed by atoms with Crippen LogP contribution in [0.4, 0.5) is 0 Å². The molecule has 3 aromatic carbocycles. The fourth-order valence-corrected chi connectivity index (χ4v) is 5.55. The summed E-state index contributed by atoms with van der Waals surface area (Å²) >= 11 is 0. The minimum absolute atomic E-state index is 0.132. The van der Waals surface area contributed by atoms with E-state index >= 15 is 0 Å². The van der Waals surface area contributed by atoms with E-state index in [1.165, 1.54) is 11.1 Å². The van der Waals surface area contributed by atoms with Gasteiger partial charge in [-0.1, -0.05) is 65.8 Å². The van der Waals surface area contributed by atoms with Crippen LogP contribution in [0.1, 0.15) is 34.2 Å². The first-order chi connectivity index (χ1) is 21.6. The van der Waals surface area contributed by atoms with Gasteiger partial charge < -0.3 is 28.6 Å². The molecule has 0 saturated carbocycles. The smallest absolute Gasteiger partial charge is 0.164 e. The van der Waals surface area contributed by atoms with Crippen LogP contribution in [-0.4, -0.2) is 86.8 Å². The molecule has 1 atom stereocenters. The summed E-state index contributed by atoms with van der Waals surface area (Å²) in [5, 5.41) is 15.0. The van der Waals surface area contributed by atoms with Gasteiger partial charge in [-0.15, -0.1) is 0 Å². The summed E-state index contributed by atoms with van der Waals surface area (Å²) < 4.78 is 27.6. The molecular formula is C35H41N3O6. The number of rotatable bonds is 14. The van der Waals surface area contributed by atoms with Crippen LogP contribution in [0, 0.1) is 0 Å². The molecule has 1 fully saturated rings. The van der Waals surface area contributed by atoms with Crippen molar-refractivity contribution in [1.82, 2.24) is 15.0 Å². The molecule has 0 spiro atoms. The van der Waals surface area contributed by atoms with E-state index in [1.54, 1.807) is 33.5 Å². The van der Waals surface area contributed by atoms with Crippen LogP contribution in [-0.2, 0) is 11.3 Å². The Kier molecular flexibility index (Phi) is 11.0. The number of ether oxygens (including phenoxy) is 4. The first-order valence-electron chi connectivity index (χ1n) is 14.8. The van der Waals surface area contributed by atoms with Crippen molar-refractivity contribution < 1.29 is 28.6 Å². The molecule has 9 nitrogen and oxygen atoms in total. The van der Waals surface area contributed by atoms with Crippen LogP contribution >= 0.6 is 0 Å². The number of aliphatic hydroxyl groups is 1. The molecule has 5 rings (SSSR count). The fourth-order valence-electron chi connectivity index (χ4n) is 5.55. The van der Waals surface area contributed by atoms with Gasteiger partial charge in [-0.05, 0) is 29.3 Å². The molecule has 1 saturated heterocycles. The normalized spacial score (nSPS) is 15.1. The number of aromatic nitrogens is 1. The highest BCUT2D eigenvalue weighted by atomic mass is 16.5. The van der Waals surface area contributed by atoms with Gasteiger partial charge in [0.15, 0.2) is 17.3 Å². The number of aliphatic hydroxyl groups excluding tert-OH is 1. The van der Waals surface area contributed by atoms with Gasteiger partial charge in [-0.25, -0.2) is 0 Å². The summed E-state index contributed by atoms with van der Waals surface area (Å²) in [4.78, 5) is 4.83. The average molecular weight is 600 g/mol. The molecule has 1 N–H and O–H groups in total. The second-order valence-electron chi connectivity index (χ2n) is 10.8. The molecule has 0 amide bonds. The number of hydrogen-bond donors (Lipinski definition) is 1. The van der Waals surface area contributed by atoms with Crippen LogP contribution in [0.2, 0.25) is 0 Å². The molecule has 0 radical (unpaired) electrons. The largest absolute Gasteiger partial charge is 0.493 e. The molecule has 2 heterocycles. The Morgan fingerprint density at radius 2 is 1.45 bits per heavy atom. The Balaban J connectivity index is 1.20. The monoisotopic (exact) mass is 599 g/mol. The Labute approximate surface area is 259 Å². The van der Waals surface area contributed by atoms with E-state index in [9.17, 15) is 5.11 Å². The molecule has 1 aliphatic rings. The summed E-state index contributed by atoms with van der Waals surface area (Å²) in [7, 11) is 4.78. The maximum absolute atomic E-state index is 11.0. The SMILES string of the molecule is COCc1cc(/C=C/c2cc(OC)c(OC)cc2OCC(O)CN2CCN(C(c3ccccc3)c3ccccc3)CC2)on1. The highest BCUT2D eigenvalue weighted by Gasteiger charge is 2.27. The summed E-state index contributed by atoms with van der Waals surface area (Å²) in [6.45, 7) is 4.55. The van der Waals surface area contributed by atoms with Crippen molar-refractivity contribution in [1.29, 1.82) is 0 Å². The minimum Gasteiger partial charge on any atom is -0.493 e. The summed E-state index contributed by atoms with van der Waals surface area (Å²) in [5.41, 5.74) is 4.04. The van der Waals surface area contributed by atoms with Crippen LogP contribution < -0.4 is 14.2 Å². The molecule has 9 heteroatoms. The highest BCUT2D eigenvalue weighted by Crippen LogP contribution is 2.36. The third-order valence-corrected chi connectivity index (χ3v) is 7.72. The predicted molar refractivity (Wildman–Crippen MR) is 170 cm³/mol. The van der Waals surface area contributed by atoms with E-state index in [-0.39, 0.29) is 12.6 Å². The van der Waals surface area contributed by atoms with Crippen molar-refractivity contribution >= 4 is 12.2 Å². The lowest BCUT2D eigenvalue weighted by Crippen LogP contribution is -2.50. The number of hydrogen-bond acceptors (Lipinski definition) is 9. The number of piperazine rings is 1. The summed E-state index contributed by atoms with van der Waals surface area (Å²) in [6.07, 6.45) is 2.99. The fraction of sp³-hybridized carbons (Fsp3) is 0.343. The number of benzene rings is 3. The van der Waals surface area contributed by atoms with E-state index < -0.39 is 6.10 Å². The first-order valence-corrected chi connectivity index (χ1v) is 14.8. The van der Waals surface area contributed by atoms with Gasteiger partial charge in [-0.3, -0.25) is 9.80 Å². The molecule has 1 aromatic heterocycles. The molecule has 1 unspecified atom stereocenters. The standard InChI is InChI=1S/C35H41N3O6/c1-40-24-29-21-31(44-36-29)15-14-28-20-33(41-2)34(42-3)22-32(28)43-25-30(39)23-37-16-18-38(19-17-37)35(26-10-6-4-7-11-26)27-12-8-5-9-13-27/h4-15,20-22,30,35,39H,16-19,23-25H2,1-3H3/b15-14+. The van der Waals surface area contributed by atoms with Crippen LogP contribution in [0.5, 0.6) is 17.2 Å². The van der Waals surface area contributed by atoms with Gasteiger partial charge in [0.25, 0.3) is 0 Å². The number of nitrogens with zero attached hydrogens (tertiary/aromatic N) is 3. The lowest BCUT2D eigenvalue weighted by atomic mass is 9.96. The molecule has 0 bridgehead atoms. The predicted octanol–water partition coefficient (Wildman–Crippen LogP) is 5.16. The van der Waals surface area contributed by atoms with Gasteiger partial charge >= 0.3 is 0 Å². The lowest BCUT2D eigenvalue weighted by Gasteiger charge is -2.40. The molecular weight excluding hydrogens is 558 g/mol. The van der Waals surface area contributed by atoms with E-state index in [4.69, 9.17) is 23.5 Å². The van der Waals surface area contributed by atoms with Gasteiger partial charge in [0.05, 0.1) is 26.9 Å². The average Bonchev–Trinajstić information content (AvgIpc) is 3.52. The minimum atomic E-state index is -0.670. The number of methoxy groups -OCH3 is 3. The Bertz CT molecular complexity index is 1430. The zero-order valence-electron chi connectivity index (χ0n) is 25.6. The van der Waals surface area contributed by atoms with Gasteiger partial charge in [0.2, 0.25) is 0 Å². The van der Waals surface area contributed by atoms with E-state index in [1.807, 2.05) is 18.2 Å². The van der Waals surface area contributed by atoms with Crippen LogP contribution in [0.3, 0.4) is 0 Å². The van der Waals surface area contributed by atoms with Crippen molar-refractivity contribution in [3.8, 4) is 17.2 Å². The topological polar surface area (TPSA) is 89.7 Å². The highest BCUT2D eigenvalue weighted by molar-refractivity contribution is 5.73. The molecule has 1 aliphatic heterocycles. The van der Waals surface area contributed by atoms with E-state index in [0.717, 1.165) is 31.7 Å². The van der Waals surface area contributed by atoms with Crippen LogP contribution in [0.25, 0.3) is 12.2 Å². The Morgan fingerprint density at radius 3 is 2.07 bits per heavy atom. The van der Waals surface area contributed by atoms with Crippen molar-refractivity contribution in [3.63, 3.8) is 0 Å². The second-order valence-corrected chi connectivity index (χ2v) is 10.8. The molecule has 232 valence electrons. The molecule has 0 aliphatic carbocycles. The molecule has 44 heavy (non-hydrogen) atoms. The lowest BCUT2D eigenvalue weighted by molar-refractivity contribution is 0.0400. The Hall–Kier alpha value is -4.15. The van der Waals surface area contributed by atoms with Crippen LogP contribution in [0.15, 0.2) is 83.4 Å². The third-order valence-electron chi connectivity index (χ3n) is 7.72.